The van der Waals surface area contributed by atoms with Crippen molar-refractivity contribution >= 4 is 5.97 Å². The minimum Gasteiger partial charge on any atom is -0.507 e. The van der Waals surface area contributed by atoms with Gasteiger partial charge in [-0.3, -0.25) is 0 Å². The Labute approximate surface area is 81.4 Å². The number of aliphatic hydroxyl groups excluding tert-OH is 1. The fourth-order valence-electron chi connectivity index (χ4n) is 1.23. The van der Waals surface area contributed by atoms with Crippen molar-refractivity contribution in [3.8, 4) is 5.75 Å². The third-order valence-electron chi connectivity index (χ3n) is 2.10. The van der Waals surface area contributed by atoms with Gasteiger partial charge in [-0.2, -0.15) is 0 Å². The normalized spacial score (nSPS) is 12.4. The second-order valence-electron chi connectivity index (χ2n) is 3.13. The Hall–Kier alpha value is -1.55. The summed E-state index contributed by atoms with van der Waals surface area (Å²) in [6.07, 6.45) is 0. The average molecular weight is 196 g/mol. The molecule has 3 N–H and O–H groups in total. The molecule has 0 radical (unpaired) electrons. The number of carboxylic acids is 1. The maximum absolute atomic E-state index is 10.7. The van der Waals surface area contributed by atoms with Crippen molar-refractivity contribution < 1.29 is 20.1 Å². The van der Waals surface area contributed by atoms with Crippen LogP contribution >= 0.6 is 0 Å². The minimum absolute atomic E-state index is 0.128. The van der Waals surface area contributed by atoms with Crippen molar-refractivity contribution in [2.24, 2.45) is 0 Å². The summed E-state index contributed by atoms with van der Waals surface area (Å²) in [6, 6.07) is 4.47. The molecule has 1 aromatic carbocycles. The van der Waals surface area contributed by atoms with Gasteiger partial charge in [0.1, 0.15) is 11.3 Å². The van der Waals surface area contributed by atoms with Gasteiger partial charge in [0, 0.05) is 12.5 Å². The summed E-state index contributed by atoms with van der Waals surface area (Å²) in [6.45, 7) is 1.58. The molecule has 76 valence electrons. The number of aliphatic hydroxyl groups is 1. The van der Waals surface area contributed by atoms with Crippen LogP contribution in [0.1, 0.15) is 28.8 Å². The first-order valence-corrected chi connectivity index (χ1v) is 4.24. The quantitative estimate of drug-likeness (QED) is 0.678. The van der Waals surface area contributed by atoms with Crippen LogP contribution in [0.15, 0.2) is 18.2 Å². The number of rotatable bonds is 3. The van der Waals surface area contributed by atoms with Gasteiger partial charge in [-0.1, -0.05) is 19.1 Å². The lowest BCUT2D eigenvalue weighted by molar-refractivity contribution is 0.0693. The maximum atomic E-state index is 10.7. The highest BCUT2D eigenvalue weighted by atomic mass is 16.4. The van der Waals surface area contributed by atoms with E-state index in [1.54, 1.807) is 19.1 Å². The highest BCUT2D eigenvalue weighted by Crippen LogP contribution is 2.28. The standard InChI is InChI=1S/C10H12O4/c1-6(5-11)7-3-2-4-8(9(7)12)10(13)14/h2-4,6,11-12H,5H2,1H3,(H,13,14). The largest absolute Gasteiger partial charge is 0.507 e. The predicted molar refractivity (Wildman–Crippen MR) is 50.6 cm³/mol. The molecule has 0 heterocycles. The number of para-hydroxylation sites is 1. The fourth-order valence-corrected chi connectivity index (χ4v) is 1.23. The first-order chi connectivity index (χ1) is 6.57. The van der Waals surface area contributed by atoms with Gasteiger partial charge in [-0.05, 0) is 11.6 Å². The molecular formula is C10H12O4. The van der Waals surface area contributed by atoms with Gasteiger partial charge in [-0.25, -0.2) is 4.79 Å². The molecule has 0 aliphatic rings. The Morgan fingerprint density at radius 1 is 1.50 bits per heavy atom. The van der Waals surface area contributed by atoms with Crippen LogP contribution < -0.4 is 0 Å². The lowest BCUT2D eigenvalue weighted by Gasteiger charge is -2.11. The van der Waals surface area contributed by atoms with Crippen molar-refractivity contribution in [3.63, 3.8) is 0 Å². The molecule has 0 aliphatic carbocycles. The minimum atomic E-state index is -1.17. The molecule has 0 bridgehead atoms. The second kappa shape index (κ2) is 4.11. The number of carboxylic acid groups (broad SMARTS) is 1. The van der Waals surface area contributed by atoms with E-state index in [4.69, 9.17) is 10.2 Å². The molecule has 14 heavy (non-hydrogen) atoms. The van der Waals surface area contributed by atoms with Crippen LogP contribution in [0.5, 0.6) is 5.75 Å². The third kappa shape index (κ3) is 1.85. The smallest absolute Gasteiger partial charge is 0.339 e. The van der Waals surface area contributed by atoms with Crippen LogP contribution in [0.3, 0.4) is 0 Å². The SMILES string of the molecule is CC(CO)c1cccc(C(=O)O)c1O. The summed E-state index contributed by atoms with van der Waals surface area (Å²) >= 11 is 0. The fraction of sp³-hybridized carbons (Fsp3) is 0.300. The van der Waals surface area contributed by atoms with Gasteiger partial charge in [0.15, 0.2) is 0 Å². The van der Waals surface area contributed by atoms with Crippen LogP contribution in [0.25, 0.3) is 0 Å². The molecule has 0 aliphatic heterocycles. The van der Waals surface area contributed by atoms with Gasteiger partial charge in [0.25, 0.3) is 0 Å². The molecule has 1 rings (SSSR count). The molecule has 0 saturated carbocycles. The van der Waals surface area contributed by atoms with Gasteiger partial charge >= 0.3 is 5.97 Å². The molecule has 0 aromatic heterocycles. The van der Waals surface area contributed by atoms with Gasteiger partial charge < -0.3 is 15.3 Å². The summed E-state index contributed by atoms with van der Waals surface area (Å²) in [7, 11) is 0. The van der Waals surface area contributed by atoms with E-state index < -0.39 is 5.97 Å². The number of carbonyl (C=O) groups is 1. The van der Waals surface area contributed by atoms with Crippen molar-refractivity contribution in [1.29, 1.82) is 0 Å². The number of hydrogen-bond acceptors (Lipinski definition) is 3. The van der Waals surface area contributed by atoms with Gasteiger partial charge in [-0.15, -0.1) is 0 Å². The highest BCUT2D eigenvalue weighted by molar-refractivity contribution is 5.91. The molecule has 4 nitrogen and oxygen atoms in total. The Bertz CT molecular complexity index is 346. The zero-order valence-electron chi connectivity index (χ0n) is 7.77. The first kappa shape index (κ1) is 10.5. The summed E-state index contributed by atoms with van der Waals surface area (Å²) < 4.78 is 0. The number of benzene rings is 1. The molecule has 1 unspecified atom stereocenters. The number of hydrogen-bond donors (Lipinski definition) is 3. The molecule has 0 fully saturated rings. The number of aromatic carboxylic acids is 1. The second-order valence-corrected chi connectivity index (χ2v) is 3.13. The Morgan fingerprint density at radius 2 is 2.14 bits per heavy atom. The Morgan fingerprint density at radius 3 is 2.64 bits per heavy atom. The third-order valence-corrected chi connectivity index (χ3v) is 2.10. The van der Waals surface area contributed by atoms with Crippen molar-refractivity contribution in [2.45, 2.75) is 12.8 Å². The predicted octanol–water partition coefficient (Wildman–Crippen LogP) is 1.19. The van der Waals surface area contributed by atoms with Gasteiger partial charge in [0.05, 0.1) is 0 Å². The van der Waals surface area contributed by atoms with E-state index in [2.05, 4.69) is 0 Å². The molecule has 0 spiro atoms. The Balaban J connectivity index is 3.20. The van der Waals surface area contributed by atoms with E-state index in [1.165, 1.54) is 6.07 Å². The van der Waals surface area contributed by atoms with E-state index in [-0.39, 0.29) is 23.8 Å². The molecule has 0 saturated heterocycles. The van der Waals surface area contributed by atoms with E-state index in [9.17, 15) is 9.90 Å². The summed E-state index contributed by atoms with van der Waals surface area (Å²) in [4.78, 5) is 10.7. The van der Waals surface area contributed by atoms with Gasteiger partial charge in [0.2, 0.25) is 0 Å². The average Bonchev–Trinajstić information content (AvgIpc) is 2.16. The van der Waals surface area contributed by atoms with Crippen molar-refractivity contribution in [3.05, 3.63) is 29.3 Å². The van der Waals surface area contributed by atoms with Crippen LogP contribution in [0.4, 0.5) is 0 Å². The van der Waals surface area contributed by atoms with Crippen molar-refractivity contribution in [2.75, 3.05) is 6.61 Å². The number of aromatic hydroxyl groups is 1. The molecule has 0 amide bonds. The zero-order valence-corrected chi connectivity index (χ0v) is 7.77. The molecule has 1 atom stereocenters. The van der Waals surface area contributed by atoms with Crippen molar-refractivity contribution in [1.82, 2.24) is 0 Å². The zero-order chi connectivity index (χ0) is 10.7. The lowest BCUT2D eigenvalue weighted by atomic mass is 9.98. The Kier molecular flexibility index (Phi) is 3.09. The monoisotopic (exact) mass is 196 g/mol. The topological polar surface area (TPSA) is 77.8 Å². The van der Waals surface area contributed by atoms with Crippen LogP contribution in [-0.4, -0.2) is 27.9 Å². The van der Waals surface area contributed by atoms with E-state index in [0.29, 0.717) is 5.56 Å². The highest BCUT2D eigenvalue weighted by Gasteiger charge is 2.16. The van der Waals surface area contributed by atoms with Crippen LogP contribution in [0, 0.1) is 0 Å². The molecule has 4 heteroatoms. The summed E-state index contributed by atoms with van der Waals surface area (Å²) in [5.41, 5.74) is 0.315. The molecule has 1 aromatic rings. The van der Waals surface area contributed by atoms with Crippen LogP contribution in [-0.2, 0) is 0 Å². The van der Waals surface area contributed by atoms with E-state index in [1.807, 2.05) is 0 Å². The van der Waals surface area contributed by atoms with E-state index in [0.717, 1.165) is 0 Å². The molecular weight excluding hydrogens is 184 g/mol. The lowest BCUT2D eigenvalue weighted by Crippen LogP contribution is -2.03. The number of phenols is 1. The summed E-state index contributed by atoms with van der Waals surface area (Å²) in [5, 5.41) is 27.2. The first-order valence-electron chi connectivity index (χ1n) is 4.24. The summed E-state index contributed by atoms with van der Waals surface area (Å²) in [5.74, 6) is -1.70. The van der Waals surface area contributed by atoms with E-state index >= 15 is 0 Å². The van der Waals surface area contributed by atoms with Crippen LogP contribution in [0.2, 0.25) is 0 Å². The maximum Gasteiger partial charge on any atom is 0.339 e.